The molecule has 1 heteroatoms. The van der Waals surface area contributed by atoms with Gasteiger partial charge in [0.15, 0.2) is 0 Å². The Morgan fingerprint density at radius 1 is 1.62 bits per heavy atom. The second-order valence-corrected chi connectivity index (χ2v) is 3.91. The van der Waals surface area contributed by atoms with Crippen LogP contribution in [0.4, 0.5) is 0 Å². The van der Waals surface area contributed by atoms with Gasteiger partial charge in [-0.2, -0.15) is 0 Å². The monoisotopic (exact) mass is 128 g/mol. The lowest BCUT2D eigenvalue weighted by atomic mass is 10.1. The van der Waals surface area contributed by atoms with E-state index in [0.717, 1.165) is 16.4 Å². The van der Waals surface area contributed by atoms with Crippen molar-refractivity contribution >= 4 is 11.8 Å². The molecular formula is C7H12S. The van der Waals surface area contributed by atoms with E-state index < -0.39 is 0 Å². The maximum atomic E-state index is 3.73. The van der Waals surface area contributed by atoms with Gasteiger partial charge in [-0.05, 0) is 5.92 Å². The molecule has 1 saturated heterocycles. The summed E-state index contributed by atoms with van der Waals surface area (Å²) in [7, 11) is 0. The summed E-state index contributed by atoms with van der Waals surface area (Å²) in [6.45, 7) is 8.26. The zero-order chi connectivity index (χ0) is 6.15. The number of hydrogen-bond donors (Lipinski definition) is 0. The Hall–Kier alpha value is 0.0900. The molecule has 1 aliphatic heterocycles. The van der Waals surface area contributed by atoms with E-state index in [9.17, 15) is 0 Å². The second kappa shape index (κ2) is 2.14. The molecule has 1 fully saturated rings. The highest BCUT2D eigenvalue weighted by Crippen LogP contribution is 2.46. The molecule has 0 aromatic carbocycles. The normalized spacial score (nSPS) is 35.4. The zero-order valence-corrected chi connectivity index (χ0v) is 6.24. The topological polar surface area (TPSA) is 0 Å². The molecule has 1 aliphatic rings. The highest BCUT2D eigenvalue weighted by Gasteiger charge is 2.37. The highest BCUT2D eigenvalue weighted by atomic mass is 32.2. The van der Waals surface area contributed by atoms with Gasteiger partial charge in [-0.1, -0.05) is 19.9 Å². The van der Waals surface area contributed by atoms with E-state index in [4.69, 9.17) is 0 Å². The molecule has 1 heterocycles. The maximum Gasteiger partial charge on any atom is 0.0349 e. The van der Waals surface area contributed by atoms with Crippen LogP contribution < -0.4 is 0 Å². The van der Waals surface area contributed by atoms with Crippen molar-refractivity contribution in [2.75, 3.05) is 0 Å². The first-order valence-corrected chi connectivity index (χ1v) is 3.98. The molecule has 0 aromatic rings. The van der Waals surface area contributed by atoms with Crippen molar-refractivity contribution in [3.05, 3.63) is 12.7 Å². The van der Waals surface area contributed by atoms with Crippen LogP contribution in [-0.4, -0.2) is 10.5 Å². The van der Waals surface area contributed by atoms with E-state index in [1.807, 2.05) is 11.8 Å². The Balaban J connectivity index is 2.26. The summed E-state index contributed by atoms with van der Waals surface area (Å²) in [4.78, 5) is 0. The van der Waals surface area contributed by atoms with E-state index in [0.29, 0.717) is 0 Å². The molecule has 0 nitrogen and oxygen atoms in total. The van der Waals surface area contributed by atoms with Gasteiger partial charge in [0, 0.05) is 10.5 Å². The summed E-state index contributed by atoms with van der Waals surface area (Å²) in [6.07, 6.45) is 2.05. The van der Waals surface area contributed by atoms with Gasteiger partial charge in [-0.3, -0.25) is 0 Å². The third-order valence-corrected chi connectivity index (χ3v) is 3.09. The summed E-state index contributed by atoms with van der Waals surface area (Å²) < 4.78 is 0. The van der Waals surface area contributed by atoms with Crippen LogP contribution >= 0.6 is 11.8 Å². The highest BCUT2D eigenvalue weighted by molar-refractivity contribution is 8.07. The average Bonchev–Trinajstić information content (AvgIpc) is 2.42. The standard InChI is InChI=1S/C7H12S/c1-4-6-7(8-6)5(2)3/h4-7H,1H2,2-3H3/t6-,7-/m0/s1. The quantitative estimate of drug-likeness (QED) is 0.406. The fourth-order valence-electron chi connectivity index (χ4n) is 0.862. The lowest BCUT2D eigenvalue weighted by Gasteiger charge is -1.95. The molecule has 0 bridgehead atoms. The molecule has 0 saturated carbocycles. The van der Waals surface area contributed by atoms with E-state index in [1.165, 1.54) is 0 Å². The van der Waals surface area contributed by atoms with Crippen molar-refractivity contribution in [1.82, 2.24) is 0 Å². The Labute approximate surface area is 55.4 Å². The van der Waals surface area contributed by atoms with Gasteiger partial charge in [-0.15, -0.1) is 18.3 Å². The first-order chi connectivity index (χ1) is 3.75. The van der Waals surface area contributed by atoms with E-state index in [2.05, 4.69) is 26.5 Å². The van der Waals surface area contributed by atoms with Gasteiger partial charge in [0.05, 0.1) is 0 Å². The Kier molecular flexibility index (Phi) is 1.66. The number of hydrogen-bond acceptors (Lipinski definition) is 1. The zero-order valence-electron chi connectivity index (χ0n) is 5.42. The molecule has 0 amide bonds. The van der Waals surface area contributed by atoms with Crippen LogP contribution in [0.3, 0.4) is 0 Å². The van der Waals surface area contributed by atoms with E-state index in [-0.39, 0.29) is 0 Å². The summed E-state index contributed by atoms with van der Waals surface area (Å²) >= 11 is 2.03. The van der Waals surface area contributed by atoms with Crippen LogP contribution in [0.25, 0.3) is 0 Å². The minimum atomic E-state index is 0.773. The third-order valence-electron chi connectivity index (χ3n) is 1.45. The van der Waals surface area contributed by atoms with Crippen LogP contribution in [0.5, 0.6) is 0 Å². The van der Waals surface area contributed by atoms with Gasteiger partial charge < -0.3 is 0 Å². The molecular weight excluding hydrogens is 116 g/mol. The maximum absolute atomic E-state index is 3.73. The molecule has 2 atom stereocenters. The predicted octanol–water partition coefficient (Wildman–Crippen LogP) is 2.31. The number of rotatable bonds is 2. The van der Waals surface area contributed by atoms with Crippen molar-refractivity contribution in [3.63, 3.8) is 0 Å². The van der Waals surface area contributed by atoms with Crippen LogP contribution in [-0.2, 0) is 0 Å². The summed E-state index contributed by atoms with van der Waals surface area (Å²) in [5.41, 5.74) is 0. The largest absolute Gasteiger partial charge is 0.148 e. The Morgan fingerprint density at radius 3 is 2.38 bits per heavy atom. The molecule has 0 radical (unpaired) electrons. The average molecular weight is 128 g/mol. The van der Waals surface area contributed by atoms with Gasteiger partial charge in [0.2, 0.25) is 0 Å². The van der Waals surface area contributed by atoms with E-state index in [1.54, 1.807) is 0 Å². The minimum Gasteiger partial charge on any atom is -0.148 e. The van der Waals surface area contributed by atoms with E-state index >= 15 is 0 Å². The van der Waals surface area contributed by atoms with Crippen molar-refractivity contribution in [2.45, 2.75) is 24.3 Å². The van der Waals surface area contributed by atoms with Crippen LogP contribution in [0, 0.1) is 5.92 Å². The predicted molar refractivity (Wildman–Crippen MR) is 40.2 cm³/mol. The minimum absolute atomic E-state index is 0.773. The second-order valence-electron chi connectivity index (χ2n) is 2.55. The molecule has 0 N–H and O–H groups in total. The van der Waals surface area contributed by atoms with Crippen molar-refractivity contribution in [1.29, 1.82) is 0 Å². The number of thioether (sulfide) groups is 1. The fraction of sp³-hybridized carbons (Fsp3) is 0.714. The van der Waals surface area contributed by atoms with Crippen molar-refractivity contribution < 1.29 is 0 Å². The van der Waals surface area contributed by atoms with Crippen LogP contribution in [0.15, 0.2) is 12.7 Å². The smallest absolute Gasteiger partial charge is 0.0349 e. The van der Waals surface area contributed by atoms with Crippen LogP contribution in [0.2, 0.25) is 0 Å². The molecule has 8 heavy (non-hydrogen) atoms. The molecule has 0 aliphatic carbocycles. The third kappa shape index (κ3) is 1.08. The van der Waals surface area contributed by atoms with Gasteiger partial charge in [-0.25, -0.2) is 0 Å². The van der Waals surface area contributed by atoms with Crippen LogP contribution in [0.1, 0.15) is 13.8 Å². The lowest BCUT2D eigenvalue weighted by molar-refractivity contribution is 0.661. The molecule has 0 spiro atoms. The SMILES string of the molecule is C=C[C@@H]1S[C@H]1C(C)C. The first-order valence-electron chi connectivity index (χ1n) is 3.03. The Morgan fingerprint density at radius 2 is 2.25 bits per heavy atom. The summed E-state index contributed by atoms with van der Waals surface area (Å²) in [5, 5.41) is 1.66. The van der Waals surface area contributed by atoms with Gasteiger partial charge in [0.25, 0.3) is 0 Å². The first kappa shape index (κ1) is 6.21. The Bertz CT molecular complexity index is 96.6. The van der Waals surface area contributed by atoms with Crippen molar-refractivity contribution in [3.8, 4) is 0 Å². The summed E-state index contributed by atoms with van der Waals surface area (Å²) in [6, 6.07) is 0. The fourth-order valence-corrected chi connectivity index (χ4v) is 1.99. The lowest BCUT2D eigenvalue weighted by Crippen LogP contribution is -1.98. The molecule has 46 valence electrons. The molecule has 0 unspecified atom stereocenters. The molecule has 0 aromatic heterocycles. The van der Waals surface area contributed by atoms with Crippen molar-refractivity contribution in [2.24, 2.45) is 5.92 Å². The van der Waals surface area contributed by atoms with Gasteiger partial charge in [0.1, 0.15) is 0 Å². The molecule has 1 rings (SSSR count). The summed E-state index contributed by atoms with van der Waals surface area (Å²) in [5.74, 6) is 0.836. The van der Waals surface area contributed by atoms with Gasteiger partial charge >= 0.3 is 0 Å².